The van der Waals surface area contributed by atoms with Crippen LogP contribution in [0.1, 0.15) is 32.0 Å². The Labute approximate surface area is 186 Å². The summed E-state index contributed by atoms with van der Waals surface area (Å²) in [4.78, 5) is 19.4. The third kappa shape index (κ3) is 5.57. The van der Waals surface area contributed by atoms with E-state index in [1.807, 2.05) is 0 Å². The molecule has 0 bridgehead atoms. The minimum Gasteiger partial charge on any atom is -0.332 e. The first-order valence-electron chi connectivity index (χ1n) is 8.94. The standard InChI is InChI=1S/C19H16F6N4OS2/c1-17(2,3)14(30)29-16-28-13(19(23,24)25)12(32-16)11-8-31-15(27-11)26-10-6-4-5-9(7-10)18(20,21)22/h4-8H,1-3H3,(H,26,27)(H,28,29,30). The SMILES string of the molecule is CC(C)(C)C(=O)Nc1nc(C(F)(F)F)c(-c2csc(Nc3cccc(C(F)(F)F)c3)n2)s1. The number of hydrogen-bond acceptors (Lipinski definition) is 6. The van der Waals surface area contributed by atoms with Gasteiger partial charge in [-0.15, -0.1) is 11.3 Å². The average Bonchev–Trinajstić information content (AvgIpc) is 3.27. The van der Waals surface area contributed by atoms with Crippen molar-refractivity contribution in [2.24, 2.45) is 5.41 Å². The van der Waals surface area contributed by atoms with Crippen molar-refractivity contribution < 1.29 is 31.1 Å². The Kier molecular flexibility index (Phi) is 6.26. The number of alkyl halides is 6. The fourth-order valence-corrected chi connectivity index (χ4v) is 4.09. The van der Waals surface area contributed by atoms with Crippen molar-refractivity contribution in [3.63, 3.8) is 0 Å². The Morgan fingerprint density at radius 1 is 0.969 bits per heavy atom. The maximum atomic E-state index is 13.5. The smallest absolute Gasteiger partial charge is 0.332 e. The van der Waals surface area contributed by atoms with E-state index < -0.39 is 34.9 Å². The number of thiazole rings is 2. The molecule has 3 aromatic rings. The van der Waals surface area contributed by atoms with Crippen LogP contribution in [0.2, 0.25) is 0 Å². The van der Waals surface area contributed by atoms with Crippen LogP contribution < -0.4 is 10.6 Å². The number of anilines is 3. The van der Waals surface area contributed by atoms with Crippen LogP contribution in [0.15, 0.2) is 29.6 Å². The molecule has 3 rings (SSSR count). The van der Waals surface area contributed by atoms with Crippen molar-refractivity contribution in [1.29, 1.82) is 0 Å². The molecule has 2 N–H and O–H groups in total. The molecule has 172 valence electrons. The molecule has 0 saturated carbocycles. The molecule has 2 aromatic heterocycles. The number of rotatable bonds is 4. The van der Waals surface area contributed by atoms with Gasteiger partial charge in [-0.1, -0.05) is 38.2 Å². The monoisotopic (exact) mass is 494 g/mol. The molecule has 13 heteroatoms. The summed E-state index contributed by atoms with van der Waals surface area (Å²) in [7, 11) is 0. The molecule has 1 amide bonds. The topological polar surface area (TPSA) is 66.9 Å². The Morgan fingerprint density at radius 2 is 1.66 bits per heavy atom. The summed E-state index contributed by atoms with van der Waals surface area (Å²) in [5.41, 5.74) is -2.90. The van der Waals surface area contributed by atoms with Crippen LogP contribution in [-0.4, -0.2) is 15.9 Å². The zero-order valence-electron chi connectivity index (χ0n) is 16.8. The van der Waals surface area contributed by atoms with E-state index in [9.17, 15) is 31.1 Å². The number of aromatic nitrogens is 2. The Hall–Kier alpha value is -2.67. The molecule has 0 aliphatic rings. The maximum Gasteiger partial charge on any atom is 0.434 e. The average molecular weight is 494 g/mol. The van der Waals surface area contributed by atoms with Crippen LogP contribution >= 0.6 is 22.7 Å². The van der Waals surface area contributed by atoms with E-state index in [2.05, 4.69) is 20.6 Å². The van der Waals surface area contributed by atoms with E-state index in [0.29, 0.717) is 11.3 Å². The normalized spacial score (nSPS) is 12.7. The van der Waals surface area contributed by atoms with E-state index in [1.165, 1.54) is 17.5 Å². The molecular weight excluding hydrogens is 478 g/mol. The fraction of sp³-hybridized carbons (Fsp3) is 0.316. The van der Waals surface area contributed by atoms with Crippen LogP contribution in [0.25, 0.3) is 10.6 Å². The predicted octanol–water partition coefficient (Wildman–Crippen LogP) is 7.03. The maximum absolute atomic E-state index is 13.5. The van der Waals surface area contributed by atoms with Crippen molar-refractivity contribution >= 4 is 44.5 Å². The summed E-state index contributed by atoms with van der Waals surface area (Å²) >= 11 is 1.53. The van der Waals surface area contributed by atoms with Crippen LogP contribution in [0.4, 0.5) is 42.3 Å². The molecular formula is C19H16F6N4OS2. The van der Waals surface area contributed by atoms with E-state index >= 15 is 0 Å². The van der Waals surface area contributed by atoms with Gasteiger partial charge in [-0.2, -0.15) is 26.3 Å². The van der Waals surface area contributed by atoms with E-state index in [1.54, 1.807) is 20.8 Å². The number of carbonyl (C=O) groups excluding carboxylic acids is 1. The van der Waals surface area contributed by atoms with E-state index in [4.69, 9.17) is 0 Å². The lowest BCUT2D eigenvalue weighted by atomic mass is 9.96. The third-order valence-electron chi connectivity index (χ3n) is 3.98. The minimum atomic E-state index is -4.80. The summed E-state index contributed by atoms with van der Waals surface area (Å²) in [5, 5.41) is 6.23. The lowest BCUT2D eigenvalue weighted by molar-refractivity contribution is -0.140. The first-order chi connectivity index (χ1) is 14.6. The molecule has 0 fully saturated rings. The second-order valence-corrected chi connectivity index (χ2v) is 9.50. The summed E-state index contributed by atoms with van der Waals surface area (Å²) in [6, 6.07) is 4.35. The first-order valence-corrected chi connectivity index (χ1v) is 10.6. The lowest BCUT2D eigenvalue weighted by Gasteiger charge is -2.15. The molecule has 0 unspecified atom stereocenters. The third-order valence-corrected chi connectivity index (χ3v) is 5.73. The molecule has 2 heterocycles. The highest BCUT2D eigenvalue weighted by atomic mass is 32.1. The summed E-state index contributed by atoms with van der Waals surface area (Å²) in [6.45, 7) is 4.81. The number of nitrogens with zero attached hydrogens (tertiary/aromatic N) is 2. The second kappa shape index (κ2) is 8.35. The molecule has 0 atom stereocenters. The zero-order chi connectivity index (χ0) is 23.9. The number of amides is 1. The lowest BCUT2D eigenvalue weighted by Crippen LogP contribution is -2.27. The molecule has 32 heavy (non-hydrogen) atoms. The van der Waals surface area contributed by atoms with Gasteiger partial charge in [0.05, 0.1) is 16.1 Å². The van der Waals surface area contributed by atoms with Gasteiger partial charge in [-0.3, -0.25) is 4.79 Å². The predicted molar refractivity (Wildman–Crippen MR) is 111 cm³/mol. The van der Waals surface area contributed by atoms with Gasteiger partial charge in [0.1, 0.15) is 0 Å². The van der Waals surface area contributed by atoms with Crippen LogP contribution in [-0.2, 0) is 17.1 Å². The van der Waals surface area contributed by atoms with Crippen LogP contribution in [0.5, 0.6) is 0 Å². The molecule has 1 aromatic carbocycles. The molecule has 5 nitrogen and oxygen atoms in total. The largest absolute Gasteiger partial charge is 0.434 e. The van der Waals surface area contributed by atoms with Gasteiger partial charge < -0.3 is 10.6 Å². The van der Waals surface area contributed by atoms with E-state index in [-0.39, 0.29) is 26.5 Å². The highest BCUT2D eigenvalue weighted by Crippen LogP contribution is 2.43. The minimum absolute atomic E-state index is 0.0643. The van der Waals surface area contributed by atoms with Gasteiger partial charge in [0.25, 0.3) is 0 Å². The van der Waals surface area contributed by atoms with Crippen molar-refractivity contribution in [2.45, 2.75) is 33.1 Å². The van der Waals surface area contributed by atoms with Crippen molar-refractivity contribution in [2.75, 3.05) is 10.6 Å². The number of carbonyl (C=O) groups is 1. The van der Waals surface area contributed by atoms with Gasteiger partial charge >= 0.3 is 12.4 Å². The van der Waals surface area contributed by atoms with Gasteiger partial charge in [-0.25, -0.2) is 9.97 Å². The fourth-order valence-electron chi connectivity index (χ4n) is 2.36. The highest BCUT2D eigenvalue weighted by Gasteiger charge is 2.39. The highest BCUT2D eigenvalue weighted by molar-refractivity contribution is 7.20. The Balaban J connectivity index is 1.90. The number of hydrogen-bond donors (Lipinski definition) is 2. The van der Waals surface area contributed by atoms with Gasteiger partial charge in [0.15, 0.2) is 16.0 Å². The summed E-state index contributed by atoms with van der Waals surface area (Å²) in [5.74, 6) is -0.503. The van der Waals surface area contributed by atoms with Gasteiger partial charge in [0.2, 0.25) is 5.91 Å². The molecule has 0 radical (unpaired) electrons. The second-order valence-electron chi connectivity index (χ2n) is 7.64. The Morgan fingerprint density at radius 3 is 2.25 bits per heavy atom. The van der Waals surface area contributed by atoms with Crippen LogP contribution in [0.3, 0.4) is 0 Å². The van der Waals surface area contributed by atoms with Crippen molar-refractivity contribution in [3.05, 3.63) is 40.9 Å². The molecule has 0 saturated heterocycles. The number of benzene rings is 1. The van der Waals surface area contributed by atoms with Crippen molar-refractivity contribution in [1.82, 2.24) is 9.97 Å². The number of nitrogens with one attached hydrogen (secondary N) is 2. The van der Waals surface area contributed by atoms with Crippen molar-refractivity contribution in [3.8, 4) is 10.6 Å². The van der Waals surface area contributed by atoms with Gasteiger partial charge in [0, 0.05) is 16.5 Å². The quantitative estimate of drug-likeness (QED) is 0.382. The molecule has 0 aliphatic heterocycles. The van der Waals surface area contributed by atoms with E-state index in [0.717, 1.165) is 23.5 Å². The van der Waals surface area contributed by atoms with Crippen LogP contribution in [0, 0.1) is 5.41 Å². The number of halogens is 6. The molecule has 0 spiro atoms. The Bertz CT molecular complexity index is 1130. The zero-order valence-corrected chi connectivity index (χ0v) is 18.4. The molecule has 0 aliphatic carbocycles. The van der Waals surface area contributed by atoms with Gasteiger partial charge in [-0.05, 0) is 18.2 Å². The summed E-state index contributed by atoms with van der Waals surface area (Å²) < 4.78 is 79.2. The first kappa shape index (κ1) is 24.0. The summed E-state index contributed by atoms with van der Waals surface area (Å²) in [6.07, 6.45) is -9.33.